The quantitative estimate of drug-likeness (QED) is 0.505. The van der Waals surface area contributed by atoms with Gasteiger partial charge in [-0.3, -0.25) is 10.1 Å². The van der Waals surface area contributed by atoms with Crippen LogP contribution in [0.5, 0.6) is 0 Å². The monoisotopic (exact) mass is 332 g/mol. The molecule has 4 heteroatoms. The highest BCUT2D eigenvalue weighted by atomic mass is 16.6. The lowest BCUT2D eigenvalue weighted by Crippen LogP contribution is -2.23. The molecule has 0 saturated carbocycles. The van der Waals surface area contributed by atoms with Crippen LogP contribution in [0.4, 0.5) is 5.69 Å². The highest BCUT2D eigenvalue weighted by Crippen LogP contribution is 2.22. The third-order valence-corrected chi connectivity index (χ3v) is 4.21. The van der Waals surface area contributed by atoms with E-state index < -0.39 is 0 Å². The lowest BCUT2D eigenvalue weighted by atomic mass is 9.98. The van der Waals surface area contributed by atoms with Crippen molar-refractivity contribution in [1.82, 2.24) is 5.32 Å². The number of para-hydroxylation sites is 1. The van der Waals surface area contributed by atoms with E-state index in [1.54, 1.807) is 18.2 Å². The van der Waals surface area contributed by atoms with E-state index in [4.69, 9.17) is 0 Å². The molecule has 0 aliphatic carbocycles. The van der Waals surface area contributed by atoms with Gasteiger partial charge in [-0.15, -0.1) is 0 Å². The van der Waals surface area contributed by atoms with Gasteiger partial charge in [-0.1, -0.05) is 78.9 Å². The van der Waals surface area contributed by atoms with Crippen molar-refractivity contribution >= 4 is 5.69 Å². The molecule has 0 aliphatic rings. The Morgan fingerprint density at radius 3 is 2.12 bits per heavy atom. The molecule has 0 unspecified atom stereocenters. The van der Waals surface area contributed by atoms with Gasteiger partial charge in [-0.2, -0.15) is 0 Å². The highest BCUT2D eigenvalue weighted by molar-refractivity contribution is 5.39. The maximum atomic E-state index is 11.2. The lowest BCUT2D eigenvalue weighted by Gasteiger charge is -2.19. The van der Waals surface area contributed by atoms with Crippen LogP contribution in [0.25, 0.3) is 0 Å². The number of hydrogen-bond acceptors (Lipinski definition) is 3. The minimum Gasteiger partial charge on any atom is -0.305 e. The zero-order chi connectivity index (χ0) is 17.5. The summed E-state index contributed by atoms with van der Waals surface area (Å²) in [7, 11) is 0. The number of hydrogen-bond donors (Lipinski definition) is 1. The molecule has 0 amide bonds. The van der Waals surface area contributed by atoms with Crippen LogP contribution in [0.2, 0.25) is 0 Å². The standard InChI is InChI=1S/C21H20N2O2/c24-23(25)21-14-8-7-13-19(21)16-22-20(18-11-5-2-6-12-18)15-17-9-3-1-4-10-17/h1-14,20,22H,15-16H2/t20-/m0/s1. The fourth-order valence-electron chi connectivity index (χ4n) is 2.91. The molecule has 25 heavy (non-hydrogen) atoms. The van der Waals surface area contributed by atoms with Crippen molar-refractivity contribution in [1.29, 1.82) is 0 Å². The van der Waals surface area contributed by atoms with Crippen LogP contribution in [0.15, 0.2) is 84.9 Å². The van der Waals surface area contributed by atoms with Crippen LogP contribution in [-0.2, 0) is 13.0 Å². The van der Waals surface area contributed by atoms with Gasteiger partial charge < -0.3 is 5.32 Å². The molecule has 3 rings (SSSR count). The topological polar surface area (TPSA) is 55.2 Å². The predicted molar refractivity (Wildman–Crippen MR) is 99.3 cm³/mol. The summed E-state index contributed by atoms with van der Waals surface area (Å²) in [5.74, 6) is 0. The number of nitrogens with one attached hydrogen (secondary N) is 1. The number of nitro groups is 1. The average Bonchev–Trinajstić information content (AvgIpc) is 2.67. The molecule has 0 spiro atoms. The Labute approximate surface area is 147 Å². The molecular weight excluding hydrogens is 312 g/mol. The van der Waals surface area contributed by atoms with E-state index in [2.05, 4.69) is 29.6 Å². The maximum absolute atomic E-state index is 11.2. The molecule has 0 aliphatic heterocycles. The van der Waals surface area contributed by atoms with Crippen LogP contribution in [0.3, 0.4) is 0 Å². The summed E-state index contributed by atoms with van der Waals surface area (Å²) in [5.41, 5.74) is 3.25. The molecule has 0 heterocycles. The van der Waals surface area contributed by atoms with E-state index in [0.717, 1.165) is 6.42 Å². The van der Waals surface area contributed by atoms with Gasteiger partial charge in [0.15, 0.2) is 0 Å². The molecule has 1 atom stereocenters. The number of nitrogens with zero attached hydrogens (tertiary/aromatic N) is 1. The second-order valence-corrected chi connectivity index (χ2v) is 5.92. The van der Waals surface area contributed by atoms with E-state index in [0.29, 0.717) is 12.1 Å². The van der Waals surface area contributed by atoms with Crippen molar-refractivity contribution in [3.63, 3.8) is 0 Å². The zero-order valence-corrected chi connectivity index (χ0v) is 13.8. The Kier molecular flexibility index (Phi) is 5.54. The van der Waals surface area contributed by atoms with E-state index in [9.17, 15) is 10.1 Å². The third-order valence-electron chi connectivity index (χ3n) is 4.21. The Hall–Kier alpha value is -2.98. The van der Waals surface area contributed by atoms with Gasteiger partial charge in [-0.05, 0) is 17.5 Å². The zero-order valence-electron chi connectivity index (χ0n) is 13.8. The molecule has 126 valence electrons. The van der Waals surface area contributed by atoms with Crippen molar-refractivity contribution in [2.75, 3.05) is 0 Å². The molecule has 0 saturated heterocycles. The van der Waals surface area contributed by atoms with Crippen LogP contribution in [-0.4, -0.2) is 4.92 Å². The van der Waals surface area contributed by atoms with E-state index in [1.807, 2.05) is 42.5 Å². The first-order valence-corrected chi connectivity index (χ1v) is 8.28. The van der Waals surface area contributed by atoms with Gasteiger partial charge in [0, 0.05) is 24.2 Å². The molecule has 3 aromatic rings. The number of nitro benzene ring substituents is 1. The average molecular weight is 332 g/mol. The van der Waals surface area contributed by atoms with E-state index in [-0.39, 0.29) is 16.7 Å². The van der Waals surface area contributed by atoms with Gasteiger partial charge in [0.1, 0.15) is 0 Å². The minimum atomic E-state index is -0.328. The lowest BCUT2D eigenvalue weighted by molar-refractivity contribution is -0.385. The molecule has 3 aromatic carbocycles. The van der Waals surface area contributed by atoms with Crippen LogP contribution >= 0.6 is 0 Å². The summed E-state index contributed by atoms with van der Waals surface area (Å²) < 4.78 is 0. The second-order valence-electron chi connectivity index (χ2n) is 5.92. The summed E-state index contributed by atoms with van der Waals surface area (Å²) in [6.45, 7) is 0.448. The first-order valence-electron chi connectivity index (χ1n) is 8.28. The minimum absolute atomic E-state index is 0.0865. The van der Waals surface area contributed by atoms with E-state index >= 15 is 0 Å². The Bertz CT molecular complexity index is 820. The normalized spacial score (nSPS) is 11.8. The summed E-state index contributed by atoms with van der Waals surface area (Å²) in [6, 6.07) is 27.4. The van der Waals surface area contributed by atoms with Gasteiger partial charge in [-0.25, -0.2) is 0 Å². The summed E-state index contributed by atoms with van der Waals surface area (Å²) in [5, 5.41) is 14.7. The molecule has 4 nitrogen and oxygen atoms in total. The van der Waals surface area contributed by atoms with Crippen LogP contribution < -0.4 is 5.32 Å². The SMILES string of the molecule is O=[N+]([O-])c1ccccc1CN[C@@H](Cc1ccccc1)c1ccccc1. The van der Waals surface area contributed by atoms with Crippen molar-refractivity contribution in [2.45, 2.75) is 19.0 Å². The Balaban J connectivity index is 1.80. The van der Waals surface area contributed by atoms with Crippen molar-refractivity contribution in [2.24, 2.45) is 0 Å². The highest BCUT2D eigenvalue weighted by Gasteiger charge is 2.16. The molecular formula is C21H20N2O2. The smallest absolute Gasteiger partial charge is 0.273 e. The summed E-state index contributed by atoms with van der Waals surface area (Å²) in [6.07, 6.45) is 0.825. The van der Waals surface area contributed by atoms with Gasteiger partial charge >= 0.3 is 0 Å². The molecule has 0 radical (unpaired) electrons. The first-order chi connectivity index (χ1) is 12.2. The van der Waals surface area contributed by atoms with Gasteiger partial charge in [0.05, 0.1) is 4.92 Å². The number of rotatable bonds is 7. The Morgan fingerprint density at radius 1 is 0.840 bits per heavy atom. The van der Waals surface area contributed by atoms with Crippen molar-refractivity contribution in [3.8, 4) is 0 Å². The van der Waals surface area contributed by atoms with Crippen molar-refractivity contribution < 1.29 is 4.92 Å². The third kappa shape index (κ3) is 4.52. The molecule has 1 N–H and O–H groups in total. The van der Waals surface area contributed by atoms with Gasteiger partial charge in [0.2, 0.25) is 0 Å². The number of benzene rings is 3. The molecule has 0 aromatic heterocycles. The second kappa shape index (κ2) is 8.22. The maximum Gasteiger partial charge on any atom is 0.273 e. The summed E-state index contributed by atoms with van der Waals surface area (Å²) in [4.78, 5) is 10.9. The van der Waals surface area contributed by atoms with Crippen LogP contribution in [0.1, 0.15) is 22.7 Å². The fourth-order valence-corrected chi connectivity index (χ4v) is 2.91. The molecule has 0 fully saturated rings. The Morgan fingerprint density at radius 2 is 1.44 bits per heavy atom. The fraction of sp³-hybridized carbons (Fsp3) is 0.143. The van der Waals surface area contributed by atoms with Crippen molar-refractivity contribution in [3.05, 3.63) is 112 Å². The van der Waals surface area contributed by atoms with Crippen LogP contribution in [0, 0.1) is 10.1 Å². The first kappa shape index (κ1) is 16.9. The molecule has 0 bridgehead atoms. The summed E-state index contributed by atoms with van der Waals surface area (Å²) >= 11 is 0. The predicted octanol–water partition coefficient (Wildman–Crippen LogP) is 4.67. The van der Waals surface area contributed by atoms with E-state index in [1.165, 1.54) is 11.1 Å². The largest absolute Gasteiger partial charge is 0.305 e. The van der Waals surface area contributed by atoms with Gasteiger partial charge in [0.25, 0.3) is 5.69 Å².